The van der Waals surface area contributed by atoms with E-state index in [1.165, 1.54) is 7.06 Å². The van der Waals surface area contributed by atoms with Crippen LogP contribution in [0.25, 0.3) is 0 Å². The normalized spacial score (nSPS) is 10.1. The van der Waals surface area contributed by atoms with Crippen molar-refractivity contribution in [2.75, 3.05) is 0 Å². The predicted octanol–water partition coefficient (Wildman–Crippen LogP) is -2.91. The van der Waals surface area contributed by atoms with Crippen molar-refractivity contribution in [3.63, 3.8) is 0 Å². The molecule has 0 aliphatic heterocycles. The summed E-state index contributed by atoms with van der Waals surface area (Å²) >= 11 is 0. The molecule has 17 heavy (non-hydrogen) atoms. The molecule has 0 aliphatic carbocycles. The molecule has 0 unspecified atom stereocenters. The maximum atomic E-state index is 6.04. The van der Waals surface area contributed by atoms with E-state index in [0.717, 1.165) is 27.6 Å². The highest BCUT2D eigenvalue weighted by Gasteiger charge is 2.20. The van der Waals surface area contributed by atoms with E-state index in [1.807, 2.05) is 20.8 Å². The van der Waals surface area contributed by atoms with E-state index in [4.69, 9.17) is 38.8 Å². The fourth-order valence-electron chi connectivity index (χ4n) is 2.19. The summed E-state index contributed by atoms with van der Waals surface area (Å²) < 4.78 is 0. The lowest BCUT2D eigenvalue weighted by Crippen LogP contribution is -2.57. The Hall–Kier alpha value is -0.261. The number of rotatable bonds is 3. The van der Waals surface area contributed by atoms with Crippen LogP contribution in [-0.2, 0) is 0 Å². The van der Waals surface area contributed by atoms with E-state index in [9.17, 15) is 0 Å². The summed E-state index contributed by atoms with van der Waals surface area (Å²) in [6.07, 6.45) is 0. The van der Waals surface area contributed by atoms with Crippen LogP contribution in [0.2, 0.25) is 0 Å². The van der Waals surface area contributed by atoms with Gasteiger partial charge in [0.25, 0.3) is 0 Å². The van der Waals surface area contributed by atoms with Gasteiger partial charge in [-0.2, -0.15) is 0 Å². The van der Waals surface area contributed by atoms with Gasteiger partial charge in [0.2, 0.25) is 0 Å². The van der Waals surface area contributed by atoms with Crippen LogP contribution >= 0.6 is 0 Å². The van der Waals surface area contributed by atoms with Crippen molar-refractivity contribution in [1.29, 1.82) is 0 Å². The molecule has 0 aromatic heterocycles. The van der Waals surface area contributed by atoms with Crippen molar-refractivity contribution >= 4 is 75.2 Å². The topological polar surface area (TPSA) is 0 Å². The van der Waals surface area contributed by atoms with Crippen LogP contribution in [0.5, 0.6) is 0 Å². The minimum absolute atomic E-state index is 0.391. The molecule has 11 radical (unpaired) electrons. The first-order valence-corrected chi connectivity index (χ1v) is 5.53. The van der Waals surface area contributed by atoms with Gasteiger partial charge in [-0.3, -0.25) is 0 Å². The Labute approximate surface area is 113 Å². The number of benzene rings is 1. The summed E-state index contributed by atoms with van der Waals surface area (Å²) in [5.74, 6) is 0. The minimum atomic E-state index is -0.613. The van der Waals surface area contributed by atoms with Gasteiger partial charge >= 0.3 is 0 Å². The molecule has 1 rings (SSSR count). The molecular formula is C9H9B8. The Morgan fingerprint density at radius 3 is 1.82 bits per heavy atom. The Balaban J connectivity index is 3.65. The van der Waals surface area contributed by atoms with Crippen molar-refractivity contribution in [3.8, 4) is 0 Å². The molecule has 69 valence electrons. The van der Waals surface area contributed by atoms with Crippen LogP contribution < -0.4 is 16.4 Å². The average molecular weight is 204 g/mol. The lowest BCUT2D eigenvalue weighted by molar-refractivity contribution is 1.37. The summed E-state index contributed by atoms with van der Waals surface area (Å²) in [4.78, 5) is 0. The maximum Gasteiger partial charge on any atom is 0.114 e. The molecule has 1 aromatic carbocycles. The Kier molecular flexibility index (Phi) is 4.86. The highest BCUT2D eigenvalue weighted by Crippen LogP contribution is 2.03. The van der Waals surface area contributed by atoms with Crippen molar-refractivity contribution in [3.05, 3.63) is 16.7 Å². The molecule has 8 heteroatoms. The molecular weight excluding hydrogens is 195 g/mol. The van der Waals surface area contributed by atoms with E-state index in [2.05, 4.69) is 0 Å². The second-order valence-corrected chi connectivity index (χ2v) is 4.36. The first-order chi connectivity index (χ1) is 7.82. The van der Waals surface area contributed by atoms with Crippen molar-refractivity contribution in [2.24, 2.45) is 0 Å². The third-order valence-electron chi connectivity index (χ3n) is 3.34. The Bertz CT molecular complexity index is 428. The summed E-state index contributed by atoms with van der Waals surface area (Å²) in [7, 11) is 30.6. The fourth-order valence-corrected chi connectivity index (χ4v) is 2.19. The molecule has 0 nitrogen and oxygen atoms in total. The van der Waals surface area contributed by atoms with E-state index in [-0.39, 0.29) is 0 Å². The van der Waals surface area contributed by atoms with Gasteiger partial charge in [-0.15, -0.1) is 10.9 Å². The van der Waals surface area contributed by atoms with Crippen LogP contribution in [0.1, 0.15) is 16.7 Å². The largest absolute Gasteiger partial charge is 0.114 e. The second kappa shape index (κ2) is 5.59. The SMILES string of the molecule is [B][B]B([B])c1c(C)c(C)c([B])c(C)c1B([B])[B]. The maximum absolute atomic E-state index is 6.04. The Morgan fingerprint density at radius 1 is 0.882 bits per heavy atom. The molecule has 0 saturated carbocycles. The van der Waals surface area contributed by atoms with Gasteiger partial charge in [-0.1, -0.05) is 22.2 Å². The van der Waals surface area contributed by atoms with Gasteiger partial charge in [0.1, 0.15) is 7.85 Å². The molecule has 0 amide bonds. The van der Waals surface area contributed by atoms with Crippen molar-refractivity contribution < 1.29 is 0 Å². The average Bonchev–Trinajstić information content (AvgIpc) is 2.29. The monoisotopic (exact) mass is 205 g/mol. The Morgan fingerprint density at radius 2 is 1.41 bits per heavy atom. The molecule has 1 aromatic rings. The third kappa shape index (κ3) is 2.61. The van der Waals surface area contributed by atoms with Crippen LogP contribution in [0.3, 0.4) is 0 Å². The van der Waals surface area contributed by atoms with Gasteiger partial charge in [-0.25, -0.2) is 0 Å². The van der Waals surface area contributed by atoms with Gasteiger partial charge < -0.3 is 0 Å². The van der Waals surface area contributed by atoms with E-state index >= 15 is 0 Å². The molecule has 0 heterocycles. The first-order valence-electron chi connectivity index (χ1n) is 5.53. The second-order valence-electron chi connectivity index (χ2n) is 4.36. The molecule has 0 saturated heterocycles. The van der Waals surface area contributed by atoms with Crippen molar-refractivity contribution in [1.82, 2.24) is 0 Å². The van der Waals surface area contributed by atoms with Crippen LogP contribution in [-0.4, -0.2) is 58.8 Å². The standard InChI is InChI=1S/C9H9B8/c1-4-5(2)9(17(14)15-11)8(16(12)13)6(3)7(4)10/h1-3H3. The lowest BCUT2D eigenvalue weighted by Gasteiger charge is -2.26. The fraction of sp³-hybridized carbons (Fsp3) is 0.333. The van der Waals surface area contributed by atoms with Gasteiger partial charge in [0.05, 0.1) is 13.0 Å². The quantitative estimate of drug-likeness (QED) is 0.463. The highest BCUT2D eigenvalue weighted by molar-refractivity contribution is 7.52. The minimum Gasteiger partial charge on any atom is -0.104 e. The third-order valence-corrected chi connectivity index (χ3v) is 3.34. The first kappa shape index (κ1) is 14.8. The predicted molar refractivity (Wildman–Crippen MR) is 85.6 cm³/mol. The van der Waals surface area contributed by atoms with Gasteiger partial charge in [-0.05, 0) is 20.8 Å². The zero-order valence-electron chi connectivity index (χ0n) is 10.6. The van der Waals surface area contributed by atoms with Crippen LogP contribution in [0, 0.1) is 20.8 Å². The molecule has 0 N–H and O–H groups in total. The zero-order chi connectivity index (χ0) is 13.3. The van der Waals surface area contributed by atoms with E-state index < -0.39 is 13.0 Å². The summed E-state index contributed by atoms with van der Waals surface area (Å²) in [6, 6.07) is 0. The zero-order valence-corrected chi connectivity index (χ0v) is 10.6. The van der Waals surface area contributed by atoms with Crippen LogP contribution in [0.4, 0.5) is 0 Å². The molecule has 0 atom stereocenters. The molecule has 0 aliphatic rings. The lowest BCUT2D eigenvalue weighted by atomic mass is 9.01. The molecule has 0 spiro atoms. The number of hydrogen-bond acceptors (Lipinski definition) is 0. The summed E-state index contributed by atoms with van der Waals surface area (Å²) in [5, 5.41) is 0. The molecule has 0 bridgehead atoms. The van der Waals surface area contributed by atoms with E-state index in [1.54, 1.807) is 0 Å². The van der Waals surface area contributed by atoms with Gasteiger partial charge in [0, 0.05) is 38.0 Å². The molecule has 0 fully saturated rings. The van der Waals surface area contributed by atoms with Crippen LogP contribution in [0.15, 0.2) is 0 Å². The number of hydrogen-bond donors (Lipinski definition) is 0. The van der Waals surface area contributed by atoms with Crippen molar-refractivity contribution in [2.45, 2.75) is 20.8 Å². The van der Waals surface area contributed by atoms with Gasteiger partial charge in [0.15, 0.2) is 0 Å². The summed E-state index contributed by atoms with van der Waals surface area (Å²) in [6.45, 7) is 4.80. The van der Waals surface area contributed by atoms with E-state index in [0.29, 0.717) is 5.46 Å². The summed E-state index contributed by atoms with van der Waals surface area (Å²) in [5.41, 5.74) is 5.27. The smallest absolute Gasteiger partial charge is 0.104 e. The highest BCUT2D eigenvalue weighted by atomic mass is 14.1.